The molecule has 1 aliphatic heterocycles. The third-order valence-corrected chi connectivity index (χ3v) is 6.89. The van der Waals surface area contributed by atoms with E-state index in [0.717, 1.165) is 53.3 Å². The molecule has 198 valence electrons. The first-order valence-corrected chi connectivity index (χ1v) is 13.0. The molecular formula is C30H35N5O3. The highest BCUT2D eigenvalue weighted by atomic mass is 16.6. The number of nitrogens with one attached hydrogen (secondary N) is 1. The Kier molecular flexibility index (Phi) is 7.08. The van der Waals surface area contributed by atoms with E-state index in [1.807, 2.05) is 56.0 Å². The number of likely N-dealkylation sites (tertiary alicyclic amines) is 1. The summed E-state index contributed by atoms with van der Waals surface area (Å²) in [7, 11) is 3.78. The Labute approximate surface area is 223 Å². The Morgan fingerprint density at radius 2 is 1.79 bits per heavy atom. The third-order valence-electron chi connectivity index (χ3n) is 6.89. The van der Waals surface area contributed by atoms with Gasteiger partial charge in [0.2, 0.25) is 0 Å². The van der Waals surface area contributed by atoms with Crippen molar-refractivity contribution in [2.24, 2.45) is 0 Å². The van der Waals surface area contributed by atoms with E-state index >= 15 is 0 Å². The fourth-order valence-corrected chi connectivity index (χ4v) is 4.84. The lowest BCUT2D eigenvalue weighted by Gasteiger charge is -2.26. The molecule has 1 N–H and O–H groups in total. The molecule has 1 fully saturated rings. The minimum atomic E-state index is -0.476. The summed E-state index contributed by atoms with van der Waals surface area (Å²) in [5.74, 6) is 1.58. The van der Waals surface area contributed by atoms with Crippen LogP contribution in [0, 0.1) is 0 Å². The lowest BCUT2D eigenvalue weighted by molar-refractivity contribution is 0.0282. The lowest BCUT2D eigenvalue weighted by atomic mass is 10.0. The Balaban J connectivity index is 1.27. The number of rotatable bonds is 6. The van der Waals surface area contributed by atoms with E-state index in [2.05, 4.69) is 46.2 Å². The molecule has 0 spiro atoms. The van der Waals surface area contributed by atoms with E-state index in [0.29, 0.717) is 18.2 Å². The van der Waals surface area contributed by atoms with Gasteiger partial charge in [0.05, 0.1) is 12.6 Å². The molecule has 1 saturated heterocycles. The number of pyridine rings is 1. The number of fused-ring (bicyclic) bond motifs is 1. The number of hydrogen-bond acceptors (Lipinski definition) is 6. The van der Waals surface area contributed by atoms with E-state index < -0.39 is 5.60 Å². The Bertz CT molecular complexity index is 1410. The number of methoxy groups -OCH3 is 1. The summed E-state index contributed by atoms with van der Waals surface area (Å²) >= 11 is 0. The van der Waals surface area contributed by atoms with E-state index in [-0.39, 0.29) is 6.09 Å². The van der Waals surface area contributed by atoms with Crippen molar-refractivity contribution >= 4 is 17.3 Å². The topological polar surface area (TPSA) is 83.6 Å². The molecule has 5 rings (SSSR count). The Morgan fingerprint density at radius 3 is 2.47 bits per heavy atom. The molecule has 8 heteroatoms. The standard InChI is InChI=1S/C30H35N5O3/c1-30(2,3)38-29(36)35-17-15-23(19-35)34(4)18-20-6-8-21(9-7-20)25-14-16-31-28-26(25)32-27(33-28)22-10-12-24(37-5)13-11-22/h6-14,16,23H,15,17-19H2,1-5H3,(H,31,32,33)/t23-/m0/s1. The van der Waals surface area contributed by atoms with Gasteiger partial charge in [-0.25, -0.2) is 14.8 Å². The lowest BCUT2D eigenvalue weighted by Crippen LogP contribution is -2.38. The van der Waals surface area contributed by atoms with E-state index in [1.54, 1.807) is 13.3 Å². The molecular weight excluding hydrogens is 478 g/mol. The second-order valence-electron chi connectivity index (χ2n) is 10.9. The quantitative estimate of drug-likeness (QED) is 0.354. The zero-order valence-electron chi connectivity index (χ0n) is 22.7. The summed E-state index contributed by atoms with van der Waals surface area (Å²) in [6, 6.07) is 18.8. The number of imidazole rings is 1. The maximum atomic E-state index is 12.4. The van der Waals surface area contributed by atoms with Crippen LogP contribution in [0.3, 0.4) is 0 Å². The molecule has 0 radical (unpaired) electrons. The van der Waals surface area contributed by atoms with Crippen LogP contribution in [0.15, 0.2) is 60.8 Å². The smallest absolute Gasteiger partial charge is 0.410 e. The fourth-order valence-electron chi connectivity index (χ4n) is 4.84. The Hall–Kier alpha value is -3.91. The molecule has 0 bridgehead atoms. The van der Waals surface area contributed by atoms with Crippen molar-refractivity contribution in [1.29, 1.82) is 0 Å². The van der Waals surface area contributed by atoms with Crippen LogP contribution in [0.2, 0.25) is 0 Å². The van der Waals surface area contributed by atoms with Crippen LogP contribution >= 0.6 is 0 Å². The molecule has 8 nitrogen and oxygen atoms in total. The SMILES string of the molecule is COc1ccc(-c2nc3nccc(-c4ccc(CN(C)[C@H]5CCN(C(=O)OC(C)(C)C)C5)cc4)c3[nH]2)cc1. The summed E-state index contributed by atoms with van der Waals surface area (Å²) in [4.78, 5) is 29.2. The van der Waals surface area contributed by atoms with Gasteiger partial charge in [-0.05, 0) is 75.7 Å². The zero-order valence-corrected chi connectivity index (χ0v) is 22.7. The van der Waals surface area contributed by atoms with E-state index in [9.17, 15) is 4.79 Å². The van der Waals surface area contributed by atoms with Gasteiger partial charge in [0.15, 0.2) is 5.65 Å². The van der Waals surface area contributed by atoms with Crippen molar-refractivity contribution in [3.8, 4) is 28.3 Å². The molecule has 1 aliphatic rings. The molecule has 0 aliphatic carbocycles. The number of nitrogens with zero attached hydrogens (tertiary/aromatic N) is 4. The number of carbonyl (C=O) groups excluding carboxylic acids is 1. The van der Waals surface area contributed by atoms with Gasteiger partial charge in [-0.15, -0.1) is 0 Å². The molecule has 2 aromatic heterocycles. The zero-order chi connectivity index (χ0) is 26.9. The predicted molar refractivity (Wildman–Crippen MR) is 149 cm³/mol. The number of H-pyrrole nitrogens is 1. The maximum Gasteiger partial charge on any atom is 0.410 e. The number of likely N-dealkylation sites (N-methyl/N-ethyl adjacent to an activating group) is 1. The second kappa shape index (κ2) is 10.5. The minimum absolute atomic E-state index is 0.227. The van der Waals surface area contributed by atoms with Gasteiger partial charge in [0.25, 0.3) is 0 Å². The van der Waals surface area contributed by atoms with E-state index in [4.69, 9.17) is 14.5 Å². The summed E-state index contributed by atoms with van der Waals surface area (Å²) in [5, 5.41) is 0. The summed E-state index contributed by atoms with van der Waals surface area (Å²) in [6.07, 6.45) is 2.52. The molecule has 0 unspecified atom stereocenters. The molecule has 0 saturated carbocycles. The fraction of sp³-hybridized carbons (Fsp3) is 0.367. The minimum Gasteiger partial charge on any atom is -0.497 e. The maximum absolute atomic E-state index is 12.4. The number of hydrogen-bond donors (Lipinski definition) is 1. The van der Waals surface area contributed by atoms with Crippen molar-refractivity contribution in [1.82, 2.24) is 24.8 Å². The predicted octanol–water partition coefficient (Wildman–Crippen LogP) is 5.74. The normalized spacial score (nSPS) is 15.8. The highest BCUT2D eigenvalue weighted by Crippen LogP contribution is 2.30. The van der Waals surface area contributed by atoms with Gasteiger partial charge in [-0.2, -0.15) is 0 Å². The molecule has 38 heavy (non-hydrogen) atoms. The van der Waals surface area contributed by atoms with Crippen molar-refractivity contribution in [2.75, 3.05) is 27.2 Å². The number of aromatic amines is 1. The first-order chi connectivity index (χ1) is 18.2. The van der Waals surface area contributed by atoms with Crippen molar-refractivity contribution in [2.45, 2.75) is 45.4 Å². The first kappa shape index (κ1) is 25.7. The number of aromatic nitrogens is 3. The average Bonchev–Trinajstić information content (AvgIpc) is 3.56. The van der Waals surface area contributed by atoms with Gasteiger partial charge >= 0.3 is 6.09 Å². The summed E-state index contributed by atoms with van der Waals surface area (Å²) in [5.41, 5.74) is 5.49. The number of carbonyl (C=O) groups is 1. The molecule has 3 heterocycles. The molecule has 1 amide bonds. The molecule has 2 aromatic carbocycles. The van der Waals surface area contributed by atoms with Gasteiger partial charge in [-0.1, -0.05) is 24.3 Å². The van der Waals surface area contributed by atoms with Gasteiger partial charge in [0.1, 0.15) is 17.2 Å². The van der Waals surface area contributed by atoms with Crippen LogP contribution in [0.5, 0.6) is 5.75 Å². The Morgan fingerprint density at radius 1 is 1.08 bits per heavy atom. The van der Waals surface area contributed by atoms with Crippen LogP contribution in [0.4, 0.5) is 4.79 Å². The van der Waals surface area contributed by atoms with Gasteiger partial charge in [0, 0.05) is 43.0 Å². The van der Waals surface area contributed by atoms with E-state index in [1.165, 1.54) is 5.56 Å². The average molecular weight is 514 g/mol. The van der Waals surface area contributed by atoms with Crippen molar-refractivity contribution in [3.05, 3.63) is 66.4 Å². The monoisotopic (exact) mass is 513 g/mol. The second-order valence-corrected chi connectivity index (χ2v) is 10.9. The molecule has 1 atom stereocenters. The van der Waals surface area contributed by atoms with Crippen LogP contribution < -0.4 is 4.74 Å². The number of ether oxygens (including phenoxy) is 2. The van der Waals surface area contributed by atoms with Gasteiger partial charge in [-0.3, -0.25) is 4.90 Å². The first-order valence-electron chi connectivity index (χ1n) is 13.0. The van der Waals surface area contributed by atoms with Crippen LogP contribution in [0.25, 0.3) is 33.7 Å². The number of amides is 1. The summed E-state index contributed by atoms with van der Waals surface area (Å²) in [6.45, 7) is 7.93. The van der Waals surface area contributed by atoms with Crippen LogP contribution in [-0.2, 0) is 11.3 Å². The molecule has 4 aromatic rings. The summed E-state index contributed by atoms with van der Waals surface area (Å²) < 4.78 is 10.8. The van der Waals surface area contributed by atoms with Crippen molar-refractivity contribution in [3.63, 3.8) is 0 Å². The largest absolute Gasteiger partial charge is 0.497 e. The highest BCUT2D eigenvalue weighted by Gasteiger charge is 2.31. The van der Waals surface area contributed by atoms with Crippen LogP contribution in [0.1, 0.15) is 32.8 Å². The third kappa shape index (κ3) is 5.65. The number of benzene rings is 2. The van der Waals surface area contributed by atoms with Crippen molar-refractivity contribution < 1.29 is 14.3 Å². The highest BCUT2D eigenvalue weighted by molar-refractivity contribution is 5.91. The van der Waals surface area contributed by atoms with Gasteiger partial charge < -0.3 is 19.4 Å². The van der Waals surface area contributed by atoms with Crippen LogP contribution in [-0.4, -0.2) is 69.7 Å².